The minimum Gasteiger partial charge on any atom is -0.500 e. The molecule has 11 aromatic rings. The first-order valence-corrected chi connectivity index (χ1v) is 25.8. The van der Waals surface area contributed by atoms with Gasteiger partial charge < -0.3 is 14.0 Å². The summed E-state index contributed by atoms with van der Waals surface area (Å²) in [5.74, 6) is 0.492. The van der Waals surface area contributed by atoms with E-state index in [-0.39, 0.29) is 25.9 Å². The van der Waals surface area contributed by atoms with Gasteiger partial charge in [-0.05, 0) is 51.3 Å². The predicted molar refractivity (Wildman–Crippen MR) is 276 cm³/mol. The summed E-state index contributed by atoms with van der Waals surface area (Å²) in [4.78, 5) is 9.95. The van der Waals surface area contributed by atoms with Gasteiger partial charge in [-0.2, -0.15) is 0 Å². The summed E-state index contributed by atoms with van der Waals surface area (Å²) >= 11 is 0. The molecular weight excluding hydrogens is 1020 g/mol. The summed E-state index contributed by atoms with van der Waals surface area (Å²) < 4.78 is 39.1. The normalized spacial score (nSPS) is 12.4. The summed E-state index contributed by atoms with van der Waals surface area (Å²) in [6.45, 7) is 12.3. The number of rotatable bonds is 7. The van der Waals surface area contributed by atoms with Crippen LogP contribution in [0.5, 0.6) is 0 Å². The summed E-state index contributed by atoms with van der Waals surface area (Å²) in [6.07, 6.45) is 0.304. The number of halogens is 1. The largest absolute Gasteiger partial charge is 0.500 e. The smallest absolute Gasteiger partial charge is 0.120 e. The summed E-state index contributed by atoms with van der Waals surface area (Å²) in [7, 11) is -1.77. The molecule has 1 radical (unpaired) electrons. The number of furan rings is 1. The van der Waals surface area contributed by atoms with Crippen LogP contribution >= 0.6 is 0 Å². The van der Waals surface area contributed by atoms with Crippen LogP contribution in [0.3, 0.4) is 0 Å². The van der Waals surface area contributed by atoms with Gasteiger partial charge in [0, 0.05) is 56.8 Å². The Morgan fingerprint density at radius 1 is 0.657 bits per heavy atom. The third kappa shape index (κ3) is 9.20. The monoisotopic (exact) mass is 1070 g/mol. The van der Waals surface area contributed by atoms with E-state index in [0.717, 1.165) is 88.3 Å². The Labute approximate surface area is 409 Å². The molecule has 0 amide bonds. The van der Waals surface area contributed by atoms with Gasteiger partial charge in [0.2, 0.25) is 0 Å². The van der Waals surface area contributed by atoms with E-state index in [1.807, 2.05) is 45.0 Å². The molecule has 0 spiro atoms. The first-order chi connectivity index (χ1) is 32.7. The van der Waals surface area contributed by atoms with Gasteiger partial charge in [-0.15, -0.1) is 53.6 Å². The van der Waals surface area contributed by atoms with Gasteiger partial charge in [0.25, 0.3) is 0 Å². The van der Waals surface area contributed by atoms with Crippen LogP contribution in [0.1, 0.15) is 29.1 Å². The van der Waals surface area contributed by atoms with Crippen molar-refractivity contribution >= 4 is 57.0 Å². The van der Waals surface area contributed by atoms with Crippen molar-refractivity contribution in [1.82, 2.24) is 14.5 Å². The minimum atomic E-state index is -1.77. The molecule has 0 N–H and O–H groups in total. The molecule has 11 rings (SSSR count). The second-order valence-corrected chi connectivity index (χ2v) is 23.8. The van der Waals surface area contributed by atoms with Gasteiger partial charge in [0.1, 0.15) is 5.58 Å². The van der Waals surface area contributed by atoms with E-state index < -0.39 is 19.9 Å². The Hall–Kier alpha value is -6.76. The zero-order chi connectivity index (χ0) is 47.4. The number of pyridine rings is 1. The molecule has 67 heavy (non-hydrogen) atoms. The van der Waals surface area contributed by atoms with E-state index in [2.05, 4.69) is 175 Å². The Morgan fingerprint density at radius 2 is 1.30 bits per heavy atom. The summed E-state index contributed by atoms with van der Waals surface area (Å²) in [5.41, 5.74) is 11.7. The van der Waals surface area contributed by atoms with Crippen molar-refractivity contribution in [1.29, 1.82) is 0 Å². The number of aromatic nitrogens is 3. The molecule has 4 nitrogen and oxygen atoms in total. The van der Waals surface area contributed by atoms with Crippen molar-refractivity contribution in [3.05, 3.63) is 206 Å². The molecule has 333 valence electrons. The zero-order valence-corrected chi connectivity index (χ0v) is 41.7. The maximum absolute atomic E-state index is 13.1. The first kappa shape index (κ1) is 42.8. The average Bonchev–Trinajstić information content (AvgIpc) is 3.93. The third-order valence-electron chi connectivity index (χ3n) is 11.8. The van der Waals surface area contributed by atoms with E-state index in [4.69, 9.17) is 12.1 Å². The average molecular weight is 1070 g/mol. The molecule has 0 aliphatic carbocycles. The van der Waals surface area contributed by atoms with Gasteiger partial charge in [0.15, 0.2) is 0 Å². The van der Waals surface area contributed by atoms with Crippen LogP contribution in [-0.2, 0) is 26.5 Å². The van der Waals surface area contributed by atoms with Gasteiger partial charge in [-0.3, -0.25) is 9.37 Å². The molecule has 3 heterocycles. The minimum absolute atomic E-state index is 0. The Bertz CT molecular complexity index is 3580. The molecule has 0 atom stereocenters. The van der Waals surface area contributed by atoms with Gasteiger partial charge in [0.05, 0.1) is 36.2 Å². The Morgan fingerprint density at radius 3 is 1.96 bits per heavy atom. The van der Waals surface area contributed by atoms with Crippen LogP contribution in [-0.4, -0.2) is 22.6 Å². The number of hydrogen-bond acceptors (Lipinski definition) is 3. The molecule has 3 aromatic heterocycles. The van der Waals surface area contributed by atoms with E-state index in [0.29, 0.717) is 16.8 Å². The summed E-state index contributed by atoms with van der Waals surface area (Å²) in [6, 6.07) is 65.5. The molecule has 0 saturated heterocycles. The van der Waals surface area contributed by atoms with Crippen LogP contribution in [0.2, 0.25) is 19.6 Å². The number of fused-ring (bicyclic) bond motifs is 6. The van der Waals surface area contributed by atoms with Crippen molar-refractivity contribution in [2.45, 2.75) is 46.8 Å². The maximum Gasteiger partial charge on any atom is 0.120 e. The summed E-state index contributed by atoms with van der Waals surface area (Å²) in [5, 5.41) is 5.45. The van der Waals surface area contributed by atoms with Crippen LogP contribution in [0, 0.1) is 23.4 Å². The van der Waals surface area contributed by atoms with Gasteiger partial charge in [-0.1, -0.05) is 185 Å². The standard InChI is InChI=1S/C41H25N2O.C19H25FNSi.Ir/c1-3-12-27(13-4-1)32-19-11-20-33(28-14-5-2-6-15-28)40(32)43-36-24-22-29-16-7-8-17-31(29)39(36)42-41(43)30-23-25-38-35(26-30)34-18-9-10-21-37(34)44-38;1-19(2,3)12-15-11-17(14-7-9-16(20)10-8-14)21-13-18(15)22(4,5)6;/h1-22,24-26H;7,9-11,13H,12H2,1-6H3;/q2*-1;/i;12D2;. The first-order valence-electron chi connectivity index (χ1n) is 23.3. The van der Waals surface area contributed by atoms with Crippen LogP contribution in [0.4, 0.5) is 4.39 Å². The molecule has 0 unspecified atom stereocenters. The topological polar surface area (TPSA) is 43.9 Å². The fraction of sp³-hybridized carbons (Fsp3) is 0.133. The predicted octanol–water partition coefficient (Wildman–Crippen LogP) is 15.7. The van der Waals surface area contributed by atoms with Gasteiger partial charge >= 0.3 is 0 Å². The molecule has 0 fully saturated rings. The number of imidazole rings is 1. The fourth-order valence-electron chi connectivity index (χ4n) is 8.78. The van der Waals surface area contributed by atoms with Crippen molar-refractivity contribution in [2.24, 2.45) is 5.41 Å². The molecule has 8 aromatic carbocycles. The molecular formula is C60H50FIrN3OSi-2. The Kier molecular flexibility index (Phi) is 11.8. The van der Waals surface area contributed by atoms with Gasteiger partial charge in [-0.25, -0.2) is 0 Å². The van der Waals surface area contributed by atoms with Crippen LogP contribution < -0.4 is 5.19 Å². The van der Waals surface area contributed by atoms with E-state index in [9.17, 15) is 4.39 Å². The molecule has 0 saturated carbocycles. The number of benzene rings is 8. The van der Waals surface area contributed by atoms with E-state index >= 15 is 0 Å². The molecule has 0 aliphatic heterocycles. The van der Waals surface area contributed by atoms with Crippen molar-refractivity contribution in [3.8, 4) is 50.6 Å². The second kappa shape index (κ2) is 18.5. The fourth-order valence-corrected chi connectivity index (χ4v) is 10.2. The van der Waals surface area contributed by atoms with Crippen molar-refractivity contribution in [3.63, 3.8) is 0 Å². The van der Waals surface area contributed by atoms with E-state index in [1.54, 1.807) is 12.3 Å². The van der Waals surface area contributed by atoms with E-state index in [1.165, 1.54) is 12.1 Å². The Balaban J connectivity index is 0.000000203. The van der Waals surface area contributed by atoms with Crippen molar-refractivity contribution in [2.75, 3.05) is 0 Å². The van der Waals surface area contributed by atoms with Crippen LogP contribution in [0.25, 0.3) is 94.3 Å². The SMILES string of the molecule is [2H]C([2H])(c1cc(-c2[c-]cc(F)cc2)ncc1[Si](C)(C)C)C(C)(C)C.[Ir].[c-]1cc2oc3ccccc3c2cc1-c1nc2c3ccccc3ccc2n1-c1c(-c2ccccc2)cccc1-c1ccccc1. The second-order valence-electron chi connectivity index (χ2n) is 18.7. The maximum atomic E-state index is 13.1. The van der Waals surface area contributed by atoms with Crippen molar-refractivity contribution < 1.29 is 31.7 Å². The quantitative estimate of drug-likeness (QED) is 0.118. The molecule has 0 bridgehead atoms. The molecule has 7 heteroatoms. The number of nitrogens with zero attached hydrogens (tertiary/aromatic N) is 3. The zero-order valence-electron chi connectivity index (χ0n) is 40.3. The number of para-hydroxylation sites is 2. The number of hydrogen-bond donors (Lipinski definition) is 0. The third-order valence-corrected chi connectivity index (χ3v) is 13.8. The van der Waals surface area contributed by atoms with Crippen LogP contribution in [0.15, 0.2) is 187 Å². The molecule has 0 aliphatic rings.